The number of ketones is 1. The van der Waals surface area contributed by atoms with Crippen molar-refractivity contribution in [2.45, 2.75) is 31.7 Å². The van der Waals surface area contributed by atoms with Crippen molar-refractivity contribution < 1.29 is 9.21 Å². The first kappa shape index (κ1) is 17.3. The molecular weight excluding hydrogens is 374 g/mol. The summed E-state index contributed by atoms with van der Waals surface area (Å²) < 4.78 is 7.79. The molecule has 148 valence electrons. The van der Waals surface area contributed by atoms with Gasteiger partial charge in [0.15, 0.2) is 5.78 Å². The highest BCUT2D eigenvalue weighted by Gasteiger charge is 2.40. The summed E-state index contributed by atoms with van der Waals surface area (Å²) in [4.78, 5) is 18.3. The van der Waals surface area contributed by atoms with Crippen LogP contribution in [0, 0.1) is 6.92 Å². The second-order valence-corrected chi connectivity index (χ2v) is 8.17. The number of furan rings is 1. The average molecular weight is 395 g/mol. The summed E-state index contributed by atoms with van der Waals surface area (Å²) in [7, 11) is 0. The van der Waals surface area contributed by atoms with Crippen molar-refractivity contribution in [2.24, 2.45) is 0 Å². The van der Waals surface area contributed by atoms with Crippen molar-refractivity contribution in [1.29, 1.82) is 0 Å². The standard InChI is InChI=1S/C25H21N3O2/c1-15-8-10-16(11-9-15)24-23-19(13-17(14-21(23)29)22-7-4-12-30-22)27-25-26-18-5-2-3-6-20(18)28(24)25/h2-12,17,24H,13-14H2,1H3,(H,26,27)/t17-,24-/m1/s1. The maximum atomic E-state index is 13.5. The largest absolute Gasteiger partial charge is 0.469 e. The van der Waals surface area contributed by atoms with E-state index >= 15 is 0 Å². The second-order valence-electron chi connectivity index (χ2n) is 8.17. The molecule has 0 unspecified atom stereocenters. The van der Waals surface area contributed by atoms with Crippen molar-refractivity contribution in [3.8, 4) is 0 Å². The van der Waals surface area contributed by atoms with E-state index in [1.165, 1.54) is 5.56 Å². The van der Waals surface area contributed by atoms with E-state index in [0.29, 0.717) is 6.42 Å². The van der Waals surface area contributed by atoms with Crippen LogP contribution in [0.15, 0.2) is 82.6 Å². The molecule has 0 radical (unpaired) electrons. The van der Waals surface area contributed by atoms with Crippen LogP contribution in [-0.2, 0) is 4.79 Å². The SMILES string of the molecule is Cc1ccc([C@@H]2C3=C(C[C@@H](c4ccco4)CC3=O)Nc3nc4ccccc4n32)cc1. The number of aromatic nitrogens is 2. The Labute approximate surface area is 174 Å². The number of nitrogens with one attached hydrogen (secondary N) is 1. The Morgan fingerprint density at radius 3 is 2.67 bits per heavy atom. The molecule has 4 aromatic rings. The molecule has 2 aliphatic rings. The molecule has 5 heteroatoms. The summed E-state index contributed by atoms with van der Waals surface area (Å²) in [6.45, 7) is 2.08. The Hall–Kier alpha value is -3.60. The summed E-state index contributed by atoms with van der Waals surface area (Å²) in [5, 5.41) is 3.49. The zero-order chi connectivity index (χ0) is 20.2. The lowest BCUT2D eigenvalue weighted by Gasteiger charge is -2.36. The summed E-state index contributed by atoms with van der Waals surface area (Å²) in [6, 6.07) is 20.2. The van der Waals surface area contributed by atoms with Crippen LogP contribution in [0.25, 0.3) is 11.0 Å². The fourth-order valence-corrected chi connectivity index (χ4v) is 4.81. The third-order valence-electron chi connectivity index (χ3n) is 6.24. The van der Waals surface area contributed by atoms with Gasteiger partial charge in [-0.25, -0.2) is 4.98 Å². The van der Waals surface area contributed by atoms with Crippen LogP contribution in [0.4, 0.5) is 5.95 Å². The Morgan fingerprint density at radius 2 is 1.87 bits per heavy atom. The average Bonchev–Trinajstić information content (AvgIpc) is 3.41. The summed E-state index contributed by atoms with van der Waals surface area (Å²) in [6.07, 6.45) is 2.87. The maximum absolute atomic E-state index is 13.5. The van der Waals surface area contributed by atoms with E-state index in [4.69, 9.17) is 9.40 Å². The Balaban J connectivity index is 1.55. The van der Waals surface area contributed by atoms with E-state index in [9.17, 15) is 4.79 Å². The van der Waals surface area contributed by atoms with Gasteiger partial charge in [0.2, 0.25) is 5.95 Å². The molecule has 6 rings (SSSR count). The molecule has 1 aliphatic heterocycles. The normalized spacial score (nSPS) is 20.8. The maximum Gasteiger partial charge on any atom is 0.209 e. The number of allylic oxidation sites excluding steroid dienone is 2. The Morgan fingerprint density at radius 1 is 1.03 bits per heavy atom. The van der Waals surface area contributed by atoms with Gasteiger partial charge in [-0.1, -0.05) is 42.0 Å². The monoisotopic (exact) mass is 395 g/mol. The van der Waals surface area contributed by atoms with Crippen LogP contribution in [0.5, 0.6) is 0 Å². The lowest BCUT2D eigenvalue weighted by molar-refractivity contribution is -0.116. The predicted molar refractivity (Wildman–Crippen MR) is 115 cm³/mol. The lowest BCUT2D eigenvalue weighted by atomic mass is 9.79. The number of aryl methyl sites for hydroxylation is 1. The zero-order valence-electron chi connectivity index (χ0n) is 16.6. The molecule has 1 aliphatic carbocycles. The number of nitrogens with zero attached hydrogens (tertiary/aromatic N) is 2. The van der Waals surface area contributed by atoms with Crippen molar-refractivity contribution in [3.05, 3.63) is 95.1 Å². The first-order chi connectivity index (χ1) is 14.7. The number of imidazole rings is 1. The van der Waals surface area contributed by atoms with E-state index in [-0.39, 0.29) is 17.7 Å². The van der Waals surface area contributed by atoms with Crippen LogP contribution >= 0.6 is 0 Å². The molecule has 2 aromatic carbocycles. The minimum atomic E-state index is -0.186. The van der Waals surface area contributed by atoms with Crippen LogP contribution < -0.4 is 5.32 Å². The van der Waals surface area contributed by atoms with Gasteiger partial charge >= 0.3 is 0 Å². The molecule has 5 nitrogen and oxygen atoms in total. The fraction of sp³-hybridized carbons (Fsp3) is 0.200. The second kappa shape index (κ2) is 6.46. The van der Waals surface area contributed by atoms with Gasteiger partial charge < -0.3 is 9.73 Å². The molecule has 3 heterocycles. The lowest BCUT2D eigenvalue weighted by Crippen LogP contribution is -2.33. The topological polar surface area (TPSA) is 60.1 Å². The minimum absolute atomic E-state index is 0.0494. The highest BCUT2D eigenvalue weighted by molar-refractivity contribution is 6.01. The molecule has 30 heavy (non-hydrogen) atoms. The van der Waals surface area contributed by atoms with Gasteiger partial charge in [0.1, 0.15) is 5.76 Å². The number of Topliss-reactive ketones (excluding diaryl/α,β-unsaturated/α-hetero) is 1. The number of hydrogen-bond donors (Lipinski definition) is 1. The van der Waals surface area contributed by atoms with Gasteiger partial charge in [-0.05, 0) is 43.2 Å². The quantitative estimate of drug-likeness (QED) is 0.497. The van der Waals surface area contributed by atoms with Crippen molar-refractivity contribution >= 4 is 22.8 Å². The summed E-state index contributed by atoms with van der Waals surface area (Å²) in [5.74, 6) is 1.86. The van der Waals surface area contributed by atoms with E-state index in [0.717, 1.165) is 46.0 Å². The van der Waals surface area contributed by atoms with E-state index in [1.54, 1.807) is 6.26 Å². The molecule has 0 saturated carbocycles. The van der Waals surface area contributed by atoms with Gasteiger partial charge in [0, 0.05) is 23.6 Å². The fourth-order valence-electron chi connectivity index (χ4n) is 4.81. The number of anilines is 1. The van der Waals surface area contributed by atoms with Gasteiger partial charge in [-0.15, -0.1) is 0 Å². The molecule has 2 atom stereocenters. The van der Waals surface area contributed by atoms with E-state index < -0.39 is 0 Å². The van der Waals surface area contributed by atoms with E-state index in [1.807, 2.05) is 30.3 Å². The number of benzene rings is 2. The number of carbonyl (C=O) groups excluding carboxylic acids is 1. The number of para-hydroxylation sites is 2. The number of hydrogen-bond acceptors (Lipinski definition) is 4. The van der Waals surface area contributed by atoms with Crippen LogP contribution in [0.2, 0.25) is 0 Å². The van der Waals surface area contributed by atoms with Gasteiger partial charge in [-0.3, -0.25) is 9.36 Å². The molecule has 1 N–H and O–H groups in total. The van der Waals surface area contributed by atoms with Gasteiger partial charge in [-0.2, -0.15) is 0 Å². The van der Waals surface area contributed by atoms with Gasteiger partial charge in [0.25, 0.3) is 0 Å². The molecule has 0 spiro atoms. The molecule has 0 amide bonds. The molecule has 0 fully saturated rings. The summed E-state index contributed by atoms with van der Waals surface area (Å²) in [5.41, 5.74) is 6.05. The highest BCUT2D eigenvalue weighted by atomic mass is 16.3. The first-order valence-corrected chi connectivity index (χ1v) is 10.3. The third-order valence-corrected chi connectivity index (χ3v) is 6.24. The molecule has 0 bridgehead atoms. The first-order valence-electron chi connectivity index (χ1n) is 10.3. The number of fused-ring (bicyclic) bond motifs is 3. The van der Waals surface area contributed by atoms with Crippen LogP contribution in [-0.4, -0.2) is 15.3 Å². The molecular formula is C25H21N3O2. The Kier molecular flexibility index (Phi) is 3.72. The van der Waals surface area contributed by atoms with Crippen molar-refractivity contribution in [3.63, 3.8) is 0 Å². The van der Waals surface area contributed by atoms with Crippen LogP contribution in [0.1, 0.15) is 41.7 Å². The Bertz CT molecular complexity index is 1300. The van der Waals surface area contributed by atoms with Crippen molar-refractivity contribution in [1.82, 2.24) is 9.55 Å². The van der Waals surface area contributed by atoms with Gasteiger partial charge in [0.05, 0.1) is 23.3 Å². The smallest absolute Gasteiger partial charge is 0.209 e. The molecule has 2 aromatic heterocycles. The number of rotatable bonds is 2. The van der Waals surface area contributed by atoms with Crippen molar-refractivity contribution in [2.75, 3.05) is 5.32 Å². The highest BCUT2D eigenvalue weighted by Crippen LogP contribution is 2.45. The molecule has 0 saturated heterocycles. The number of carbonyl (C=O) groups is 1. The summed E-state index contributed by atoms with van der Waals surface area (Å²) >= 11 is 0. The van der Waals surface area contributed by atoms with Crippen LogP contribution in [0.3, 0.4) is 0 Å². The zero-order valence-corrected chi connectivity index (χ0v) is 16.6. The minimum Gasteiger partial charge on any atom is -0.469 e. The predicted octanol–water partition coefficient (Wildman–Crippen LogP) is 5.35. The third kappa shape index (κ3) is 2.55. The van der Waals surface area contributed by atoms with E-state index in [2.05, 4.69) is 47.1 Å².